The molecular formula is C13H18N4. The maximum absolute atomic E-state index is 4.44. The van der Waals surface area contributed by atoms with Gasteiger partial charge in [-0.05, 0) is 31.4 Å². The molecule has 2 rings (SSSR count). The van der Waals surface area contributed by atoms with Crippen LogP contribution in [0.5, 0.6) is 0 Å². The lowest BCUT2D eigenvalue weighted by Crippen LogP contribution is -2.19. The zero-order chi connectivity index (χ0) is 12.3. The molecule has 0 aliphatic carbocycles. The summed E-state index contributed by atoms with van der Waals surface area (Å²) in [6.45, 7) is 6.55. The largest absolute Gasteiger partial charge is 0.350 e. The van der Waals surface area contributed by atoms with E-state index in [-0.39, 0.29) is 0 Å². The van der Waals surface area contributed by atoms with Gasteiger partial charge in [-0.25, -0.2) is 4.98 Å². The molecule has 90 valence electrons. The molecule has 0 aliphatic heterocycles. The van der Waals surface area contributed by atoms with Crippen LogP contribution in [0.25, 0.3) is 11.0 Å². The Kier molecular flexibility index (Phi) is 3.52. The molecule has 1 aromatic heterocycles. The van der Waals surface area contributed by atoms with Crippen molar-refractivity contribution in [3.63, 3.8) is 0 Å². The minimum atomic E-state index is 0.359. The van der Waals surface area contributed by atoms with Crippen molar-refractivity contribution >= 4 is 17.0 Å². The standard InChI is InChI=1S/C13H18N4/c1-9(2)8-10(3)14-13-15-11-6-4-5-7-12(11)16-17-13/h4-7,9-10H,8H2,1-3H3,(H,14,15,17). The van der Waals surface area contributed by atoms with Crippen LogP contribution in [0.3, 0.4) is 0 Å². The Morgan fingerprint density at radius 3 is 2.47 bits per heavy atom. The third-order valence-corrected chi connectivity index (χ3v) is 2.56. The number of fused-ring (bicyclic) bond motifs is 1. The molecule has 1 unspecified atom stereocenters. The van der Waals surface area contributed by atoms with Gasteiger partial charge in [-0.3, -0.25) is 0 Å². The van der Waals surface area contributed by atoms with E-state index >= 15 is 0 Å². The van der Waals surface area contributed by atoms with Gasteiger partial charge in [0.2, 0.25) is 5.95 Å². The summed E-state index contributed by atoms with van der Waals surface area (Å²) >= 11 is 0. The van der Waals surface area contributed by atoms with Crippen molar-refractivity contribution in [2.24, 2.45) is 5.92 Å². The quantitative estimate of drug-likeness (QED) is 0.877. The van der Waals surface area contributed by atoms with Gasteiger partial charge in [0, 0.05) is 6.04 Å². The van der Waals surface area contributed by atoms with Gasteiger partial charge in [0.25, 0.3) is 0 Å². The number of hydrogen-bond acceptors (Lipinski definition) is 4. The Morgan fingerprint density at radius 2 is 1.76 bits per heavy atom. The van der Waals surface area contributed by atoms with Gasteiger partial charge in [-0.1, -0.05) is 26.0 Å². The second-order valence-electron chi connectivity index (χ2n) is 4.80. The Labute approximate surface area is 101 Å². The van der Waals surface area contributed by atoms with E-state index in [9.17, 15) is 0 Å². The van der Waals surface area contributed by atoms with Crippen molar-refractivity contribution in [1.29, 1.82) is 0 Å². The topological polar surface area (TPSA) is 50.7 Å². The zero-order valence-electron chi connectivity index (χ0n) is 10.5. The first kappa shape index (κ1) is 11.8. The Morgan fingerprint density at radius 1 is 1.06 bits per heavy atom. The van der Waals surface area contributed by atoms with Gasteiger partial charge in [0.05, 0.1) is 5.52 Å². The van der Waals surface area contributed by atoms with Crippen LogP contribution in [-0.2, 0) is 0 Å². The van der Waals surface area contributed by atoms with Crippen LogP contribution in [0.15, 0.2) is 24.3 Å². The van der Waals surface area contributed by atoms with Crippen LogP contribution in [0.4, 0.5) is 5.95 Å². The Hall–Kier alpha value is -1.71. The first-order chi connectivity index (χ1) is 8.15. The fourth-order valence-corrected chi connectivity index (χ4v) is 1.93. The fourth-order valence-electron chi connectivity index (χ4n) is 1.93. The molecule has 1 atom stereocenters. The molecule has 0 saturated carbocycles. The average Bonchev–Trinajstić information content (AvgIpc) is 2.27. The van der Waals surface area contributed by atoms with Gasteiger partial charge in [0.15, 0.2) is 0 Å². The maximum atomic E-state index is 4.44. The van der Waals surface area contributed by atoms with E-state index in [0.29, 0.717) is 17.9 Å². The third kappa shape index (κ3) is 3.12. The molecule has 0 fully saturated rings. The average molecular weight is 230 g/mol. The van der Waals surface area contributed by atoms with E-state index in [1.165, 1.54) is 0 Å². The lowest BCUT2D eigenvalue weighted by molar-refractivity contribution is 0.537. The van der Waals surface area contributed by atoms with Crippen LogP contribution in [0.2, 0.25) is 0 Å². The smallest absolute Gasteiger partial charge is 0.243 e. The summed E-state index contributed by atoms with van der Waals surface area (Å²) in [4.78, 5) is 4.44. The molecule has 17 heavy (non-hydrogen) atoms. The summed E-state index contributed by atoms with van der Waals surface area (Å²) in [6.07, 6.45) is 1.09. The molecule has 0 radical (unpaired) electrons. The fraction of sp³-hybridized carbons (Fsp3) is 0.462. The molecule has 1 aromatic carbocycles. The van der Waals surface area contributed by atoms with E-state index < -0.39 is 0 Å². The molecule has 0 spiro atoms. The summed E-state index contributed by atoms with van der Waals surface area (Å²) < 4.78 is 0. The lowest BCUT2D eigenvalue weighted by Gasteiger charge is -2.15. The number of rotatable bonds is 4. The summed E-state index contributed by atoms with van der Waals surface area (Å²) in [6, 6.07) is 8.11. The molecule has 2 aromatic rings. The van der Waals surface area contributed by atoms with Crippen molar-refractivity contribution in [2.45, 2.75) is 33.2 Å². The molecule has 0 bridgehead atoms. The monoisotopic (exact) mass is 230 g/mol. The molecule has 0 saturated heterocycles. The van der Waals surface area contributed by atoms with E-state index in [1.807, 2.05) is 24.3 Å². The second kappa shape index (κ2) is 5.08. The molecule has 4 nitrogen and oxygen atoms in total. The number of anilines is 1. The van der Waals surface area contributed by atoms with Gasteiger partial charge in [-0.2, -0.15) is 0 Å². The highest BCUT2D eigenvalue weighted by atomic mass is 15.2. The first-order valence-electron chi connectivity index (χ1n) is 6.01. The third-order valence-electron chi connectivity index (χ3n) is 2.56. The van der Waals surface area contributed by atoms with E-state index in [1.54, 1.807) is 0 Å². The molecule has 0 amide bonds. The van der Waals surface area contributed by atoms with Crippen LogP contribution >= 0.6 is 0 Å². The number of para-hydroxylation sites is 1. The highest BCUT2D eigenvalue weighted by Crippen LogP contribution is 2.12. The van der Waals surface area contributed by atoms with Gasteiger partial charge < -0.3 is 5.32 Å². The van der Waals surface area contributed by atoms with Crippen molar-refractivity contribution in [2.75, 3.05) is 5.32 Å². The van der Waals surface area contributed by atoms with E-state index in [0.717, 1.165) is 17.5 Å². The Balaban J connectivity index is 2.14. The van der Waals surface area contributed by atoms with Crippen molar-refractivity contribution < 1.29 is 0 Å². The van der Waals surface area contributed by atoms with Gasteiger partial charge >= 0.3 is 0 Å². The van der Waals surface area contributed by atoms with Crippen molar-refractivity contribution in [3.8, 4) is 0 Å². The van der Waals surface area contributed by atoms with Crippen LogP contribution in [0.1, 0.15) is 27.2 Å². The van der Waals surface area contributed by atoms with Gasteiger partial charge in [-0.15, -0.1) is 10.2 Å². The highest BCUT2D eigenvalue weighted by molar-refractivity contribution is 5.74. The van der Waals surface area contributed by atoms with E-state index in [4.69, 9.17) is 0 Å². The van der Waals surface area contributed by atoms with Crippen LogP contribution < -0.4 is 5.32 Å². The summed E-state index contributed by atoms with van der Waals surface area (Å²) in [5, 5.41) is 11.5. The molecule has 0 aliphatic rings. The number of hydrogen-bond donors (Lipinski definition) is 1. The number of benzene rings is 1. The SMILES string of the molecule is CC(C)CC(C)Nc1nnc2ccccc2n1. The highest BCUT2D eigenvalue weighted by Gasteiger charge is 2.07. The molecule has 1 heterocycles. The zero-order valence-corrected chi connectivity index (χ0v) is 10.5. The second-order valence-corrected chi connectivity index (χ2v) is 4.80. The number of nitrogens with one attached hydrogen (secondary N) is 1. The number of nitrogens with zero attached hydrogens (tertiary/aromatic N) is 3. The minimum absolute atomic E-state index is 0.359. The van der Waals surface area contributed by atoms with Crippen molar-refractivity contribution in [1.82, 2.24) is 15.2 Å². The van der Waals surface area contributed by atoms with E-state index in [2.05, 4.69) is 41.3 Å². The summed E-state index contributed by atoms with van der Waals surface area (Å²) in [5.41, 5.74) is 1.70. The van der Waals surface area contributed by atoms with Crippen molar-refractivity contribution in [3.05, 3.63) is 24.3 Å². The predicted octanol–water partition coefficient (Wildman–Crippen LogP) is 2.87. The Bertz CT molecular complexity index is 495. The lowest BCUT2D eigenvalue weighted by atomic mass is 10.1. The maximum Gasteiger partial charge on any atom is 0.243 e. The predicted molar refractivity (Wildman–Crippen MR) is 69.9 cm³/mol. The van der Waals surface area contributed by atoms with Crippen LogP contribution in [0, 0.1) is 5.92 Å². The first-order valence-corrected chi connectivity index (χ1v) is 6.01. The summed E-state index contributed by atoms with van der Waals surface area (Å²) in [7, 11) is 0. The normalized spacial score (nSPS) is 12.9. The van der Waals surface area contributed by atoms with Gasteiger partial charge in [0.1, 0.15) is 5.52 Å². The minimum Gasteiger partial charge on any atom is -0.350 e. The molecular weight excluding hydrogens is 212 g/mol. The molecule has 4 heteroatoms. The number of aromatic nitrogens is 3. The summed E-state index contributed by atoms with van der Waals surface area (Å²) in [5.74, 6) is 1.27. The van der Waals surface area contributed by atoms with Crippen LogP contribution in [-0.4, -0.2) is 21.2 Å². The molecule has 1 N–H and O–H groups in total.